The van der Waals surface area contributed by atoms with Crippen molar-refractivity contribution < 1.29 is 0 Å². The van der Waals surface area contributed by atoms with Gasteiger partial charge in [-0.25, -0.2) is 4.98 Å². The summed E-state index contributed by atoms with van der Waals surface area (Å²) in [5.74, 6) is 3.28. The minimum atomic E-state index is -1.37. The van der Waals surface area contributed by atoms with Crippen molar-refractivity contribution >= 4 is 13.7 Å². The van der Waals surface area contributed by atoms with Gasteiger partial charge in [0, 0.05) is 6.20 Å². The van der Waals surface area contributed by atoms with Crippen molar-refractivity contribution in [3.8, 4) is 22.6 Å². The van der Waals surface area contributed by atoms with Crippen molar-refractivity contribution in [3.63, 3.8) is 0 Å². The highest BCUT2D eigenvalue weighted by atomic mass is 28.3. The fourth-order valence-corrected chi connectivity index (χ4v) is 2.64. The van der Waals surface area contributed by atoms with Crippen LogP contribution in [0, 0.1) is 11.5 Å². The summed E-state index contributed by atoms with van der Waals surface area (Å²) in [7, 11) is -1.37. The second kappa shape index (κ2) is 5.23. The lowest BCUT2D eigenvalue weighted by atomic mass is 10.1. The number of aromatic nitrogens is 2. The summed E-state index contributed by atoms with van der Waals surface area (Å²) in [4.78, 5) is 4.48. The highest BCUT2D eigenvalue weighted by molar-refractivity contribution is 6.83. The third-order valence-electron chi connectivity index (χ3n) is 3.19. The number of hydrogen-bond donors (Lipinski definition) is 0. The Bertz CT molecular complexity index is 830. The SMILES string of the molecule is C[Si](C)(C)C#Cc1cnc2cc(-c3ccccc3)ccn12. The molecule has 104 valence electrons. The van der Waals surface area contributed by atoms with Gasteiger partial charge in [-0.3, -0.25) is 4.40 Å². The van der Waals surface area contributed by atoms with E-state index in [1.165, 1.54) is 11.1 Å². The quantitative estimate of drug-likeness (QED) is 0.484. The van der Waals surface area contributed by atoms with Gasteiger partial charge in [0.2, 0.25) is 0 Å². The molecule has 1 aromatic carbocycles. The number of pyridine rings is 1. The van der Waals surface area contributed by atoms with Gasteiger partial charge in [-0.2, -0.15) is 0 Å². The molecular formula is C18H18N2Si. The Labute approximate surface area is 126 Å². The van der Waals surface area contributed by atoms with E-state index in [1.807, 2.05) is 12.3 Å². The highest BCUT2D eigenvalue weighted by Gasteiger charge is 2.08. The maximum atomic E-state index is 4.48. The Morgan fingerprint density at radius 1 is 1.00 bits per heavy atom. The Hall–Kier alpha value is -2.31. The van der Waals surface area contributed by atoms with E-state index in [-0.39, 0.29) is 0 Å². The third kappa shape index (κ3) is 3.06. The number of fused-ring (bicyclic) bond motifs is 1. The Morgan fingerprint density at radius 3 is 2.48 bits per heavy atom. The molecule has 0 saturated carbocycles. The monoisotopic (exact) mass is 290 g/mol. The summed E-state index contributed by atoms with van der Waals surface area (Å²) in [5, 5.41) is 0. The van der Waals surface area contributed by atoms with Crippen molar-refractivity contribution in [1.82, 2.24) is 9.38 Å². The van der Waals surface area contributed by atoms with Crippen LogP contribution in [0.1, 0.15) is 5.69 Å². The fourth-order valence-electron chi connectivity index (χ4n) is 2.13. The lowest BCUT2D eigenvalue weighted by molar-refractivity contribution is 1.16. The van der Waals surface area contributed by atoms with E-state index < -0.39 is 8.07 Å². The van der Waals surface area contributed by atoms with E-state index in [0.717, 1.165) is 11.3 Å². The summed E-state index contributed by atoms with van der Waals surface area (Å²) >= 11 is 0. The topological polar surface area (TPSA) is 17.3 Å². The van der Waals surface area contributed by atoms with Crippen LogP contribution in [0.3, 0.4) is 0 Å². The molecular weight excluding hydrogens is 272 g/mol. The van der Waals surface area contributed by atoms with Gasteiger partial charge < -0.3 is 0 Å². The van der Waals surface area contributed by atoms with E-state index in [0.29, 0.717) is 0 Å². The molecule has 0 fully saturated rings. The second-order valence-electron chi connectivity index (χ2n) is 6.15. The van der Waals surface area contributed by atoms with Crippen LogP contribution in [-0.4, -0.2) is 17.5 Å². The van der Waals surface area contributed by atoms with E-state index in [4.69, 9.17) is 0 Å². The molecule has 3 rings (SSSR count). The van der Waals surface area contributed by atoms with Gasteiger partial charge in [0.15, 0.2) is 0 Å². The maximum absolute atomic E-state index is 4.48. The van der Waals surface area contributed by atoms with E-state index in [1.54, 1.807) is 0 Å². The van der Waals surface area contributed by atoms with Crippen LogP contribution in [0.15, 0.2) is 54.9 Å². The van der Waals surface area contributed by atoms with Crippen LogP contribution < -0.4 is 0 Å². The molecule has 3 aromatic rings. The first kappa shape index (κ1) is 13.7. The largest absolute Gasteiger partial charge is 0.293 e. The summed E-state index contributed by atoms with van der Waals surface area (Å²) in [6, 6.07) is 14.6. The number of imidazole rings is 1. The number of rotatable bonds is 1. The van der Waals surface area contributed by atoms with Crippen LogP contribution in [0.2, 0.25) is 19.6 Å². The van der Waals surface area contributed by atoms with Gasteiger partial charge in [-0.1, -0.05) is 55.9 Å². The van der Waals surface area contributed by atoms with Crippen molar-refractivity contribution in [3.05, 3.63) is 60.6 Å². The van der Waals surface area contributed by atoms with Gasteiger partial charge in [0.05, 0.1) is 6.20 Å². The van der Waals surface area contributed by atoms with Crippen LogP contribution in [0.25, 0.3) is 16.8 Å². The molecule has 21 heavy (non-hydrogen) atoms. The summed E-state index contributed by atoms with van der Waals surface area (Å²) in [5.41, 5.74) is 7.68. The lowest BCUT2D eigenvalue weighted by Crippen LogP contribution is -2.16. The van der Waals surface area contributed by atoms with E-state index in [2.05, 4.69) is 83.1 Å². The van der Waals surface area contributed by atoms with Gasteiger partial charge in [-0.05, 0) is 23.3 Å². The molecule has 3 heteroatoms. The fraction of sp³-hybridized carbons (Fsp3) is 0.167. The standard InChI is InChI=1S/C18H18N2Si/c1-21(2,3)12-10-17-14-19-18-13-16(9-11-20(17)18)15-7-5-4-6-8-15/h4-9,11,13-14H,1-3H3. The molecule has 2 nitrogen and oxygen atoms in total. The molecule has 0 aliphatic rings. The Kier molecular flexibility index (Phi) is 3.40. The van der Waals surface area contributed by atoms with E-state index >= 15 is 0 Å². The first-order valence-electron chi connectivity index (χ1n) is 7.09. The maximum Gasteiger partial charge on any atom is 0.138 e. The zero-order valence-corrected chi connectivity index (χ0v) is 13.6. The van der Waals surface area contributed by atoms with Crippen LogP contribution in [0.5, 0.6) is 0 Å². The molecule has 0 unspecified atom stereocenters. The third-order valence-corrected chi connectivity index (χ3v) is 4.06. The average Bonchev–Trinajstić information content (AvgIpc) is 2.87. The molecule has 0 atom stereocenters. The number of hydrogen-bond acceptors (Lipinski definition) is 1. The van der Waals surface area contributed by atoms with Gasteiger partial charge >= 0.3 is 0 Å². The Balaban J connectivity index is 2.04. The normalized spacial score (nSPS) is 11.2. The minimum absolute atomic E-state index is 0.941. The van der Waals surface area contributed by atoms with Crippen molar-refractivity contribution in [2.24, 2.45) is 0 Å². The first-order valence-corrected chi connectivity index (χ1v) is 10.6. The predicted molar refractivity (Wildman–Crippen MR) is 90.9 cm³/mol. The molecule has 0 spiro atoms. The van der Waals surface area contributed by atoms with Crippen LogP contribution >= 0.6 is 0 Å². The molecule has 0 amide bonds. The summed E-state index contributed by atoms with van der Waals surface area (Å²) in [6.07, 6.45) is 3.91. The van der Waals surface area contributed by atoms with Gasteiger partial charge in [-0.15, -0.1) is 5.54 Å². The van der Waals surface area contributed by atoms with Crippen molar-refractivity contribution in [2.45, 2.75) is 19.6 Å². The van der Waals surface area contributed by atoms with Crippen LogP contribution in [0.4, 0.5) is 0 Å². The molecule has 0 aliphatic heterocycles. The Morgan fingerprint density at radius 2 is 1.76 bits per heavy atom. The molecule has 0 aliphatic carbocycles. The average molecular weight is 290 g/mol. The molecule has 2 aromatic heterocycles. The lowest BCUT2D eigenvalue weighted by Gasteiger charge is -2.04. The number of benzene rings is 1. The molecule has 0 N–H and O–H groups in total. The number of nitrogens with zero attached hydrogens (tertiary/aromatic N) is 2. The first-order chi connectivity index (χ1) is 10.0. The summed E-state index contributed by atoms with van der Waals surface area (Å²) in [6.45, 7) is 6.74. The smallest absolute Gasteiger partial charge is 0.138 e. The summed E-state index contributed by atoms with van der Waals surface area (Å²) < 4.78 is 2.06. The van der Waals surface area contributed by atoms with Crippen molar-refractivity contribution in [1.29, 1.82) is 0 Å². The molecule has 2 heterocycles. The van der Waals surface area contributed by atoms with Gasteiger partial charge in [0.1, 0.15) is 19.4 Å². The second-order valence-corrected chi connectivity index (χ2v) is 10.9. The van der Waals surface area contributed by atoms with Gasteiger partial charge in [0.25, 0.3) is 0 Å². The molecule has 0 radical (unpaired) electrons. The zero-order chi connectivity index (χ0) is 14.9. The molecule has 0 bridgehead atoms. The minimum Gasteiger partial charge on any atom is -0.293 e. The highest BCUT2D eigenvalue weighted by Crippen LogP contribution is 2.20. The van der Waals surface area contributed by atoms with E-state index in [9.17, 15) is 0 Å². The van der Waals surface area contributed by atoms with Crippen molar-refractivity contribution in [2.75, 3.05) is 0 Å². The van der Waals surface area contributed by atoms with Crippen LogP contribution in [-0.2, 0) is 0 Å². The molecule has 0 saturated heterocycles. The predicted octanol–water partition coefficient (Wildman–Crippen LogP) is 4.23. The zero-order valence-electron chi connectivity index (χ0n) is 12.6.